The predicted molar refractivity (Wildman–Crippen MR) is 93.5 cm³/mol. The van der Waals surface area contributed by atoms with Crippen LogP contribution in [0.1, 0.15) is 83.1 Å². The van der Waals surface area contributed by atoms with E-state index in [-0.39, 0.29) is 5.82 Å². The Bertz CT molecular complexity index is 404. The summed E-state index contributed by atoms with van der Waals surface area (Å²) >= 11 is 0. The lowest BCUT2D eigenvalue weighted by molar-refractivity contribution is 0.248. The number of rotatable bonds is 9. The highest BCUT2D eigenvalue weighted by Crippen LogP contribution is 2.34. The van der Waals surface area contributed by atoms with Crippen molar-refractivity contribution in [3.63, 3.8) is 0 Å². The van der Waals surface area contributed by atoms with Crippen molar-refractivity contribution in [2.45, 2.75) is 84.0 Å². The van der Waals surface area contributed by atoms with Gasteiger partial charge in [0, 0.05) is 0 Å². The van der Waals surface area contributed by atoms with Gasteiger partial charge in [-0.25, -0.2) is 4.39 Å². The Hall–Kier alpha value is -0.850. The second-order valence-electron chi connectivity index (χ2n) is 7.26. The number of benzene rings is 1. The van der Waals surface area contributed by atoms with Gasteiger partial charge in [0.25, 0.3) is 0 Å². The Morgan fingerprint density at radius 1 is 0.909 bits per heavy atom. The van der Waals surface area contributed by atoms with Gasteiger partial charge in [-0.15, -0.1) is 0 Å². The van der Waals surface area contributed by atoms with Gasteiger partial charge in [0.15, 0.2) is 0 Å². The van der Waals surface area contributed by atoms with Crippen LogP contribution in [0.25, 0.3) is 0 Å². The summed E-state index contributed by atoms with van der Waals surface area (Å²) in [5.74, 6) is 1.77. The average molecular weight is 304 g/mol. The van der Waals surface area contributed by atoms with E-state index in [4.69, 9.17) is 0 Å². The van der Waals surface area contributed by atoms with Crippen molar-refractivity contribution >= 4 is 0 Å². The Kier molecular flexibility index (Phi) is 7.98. The van der Waals surface area contributed by atoms with Gasteiger partial charge in [-0.2, -0.15) is 0 Å². The van der Waals surface area contributed by atoms with Crippen molar-refractivity contribution in [3.05, 3.63) is 35.6 Å². The standard InChI is InChI=1S/C21H33F/c1-2-3-4-5-6-8-18-11-13-19(14-12-18)15-16-20-9-7-10-21(22)17-20/h7,9-10,17-19H,2-6,8,11-16H2,1H3. The zero-order valence-electron chi connectivity index (χ0n) is 14.3. The topological polar surface area (TPSA) is 0 Å². The molecule has 0 spiro atoms. The van der Waals surface area contributed by atoms with E-state index in [2.05, 4.69) is 13.0 Å². The molecule has 1 aromatic carbocycles. The maximum absolute atomic E-state index is 13.2. The summed E-state index contributed by atoms with van der Waals surface area (Å²) in [6, 6.07) is 7.13. The molecule has 1 fully saturated rings. The Morgan fingerprint density at radius 3 is 2.27 bits per heavy atom. The molecule has 0 aromatic heterocycles. The van der Waals surface area contributed by atoms with Gasteiger partial charge in [0.05, 0.1) is 0 Å². The van der Waals surface area contributed by atoms with Gasteiger partial charge in [0.1, 0.15) is 5.82 Å². The average Bonchev–Trinajstić information content (AvgIpc) is 2.54. The van der Waals surface area contributed by atoms with Crippen LogP contribution in [-0.4, -0.2) is 0 Å². The fourth-order valence-electron chi connectivity index (χ4n) is 3.91. The molecule has 1 aromatic rings. The van der Waals surface area contributed by atoms with Gasteiger partial charge in [0.2, 0.25) is 0 Å². The minimum atomic E-state index is -0.0933. The van der Waals surface area contributed by atoms with Crippen molar-refractivity contribution in [2.24, 2.45) is 11.8 Å². The van der Waals surface area contributed by atoms with E-state index in [0.29, 0.717) is 0 Å². The molecule has 0 unspecified atom stereocenters. The molecule has 0 amide bonds. The summed E-state index contributed by atoms with van der Waals surface area (Å²) in [6.07, 6.45) is 16.5. The minimum Gasteiger partial charge on any atom is -0.207 e. The molecule has 1 aliphatic carbocycles. The summed E-state index contributed by atoms with van der Waals surface area (Å²) in [4.78, 5) is 0. The summed E-state index contributed by atoms with van der Waals surface area (Å²) in [5, 5.41) is 0. The first-order valence-electron chi connectivity index (χ1n) is 9.52. The highest BCUT2D eigenvalue weighted by atomic mass is 19.1. The van der Waals surface area contributed by atoms with E-state index < -0.39 is 0 Å². The lowest BCUT2D eigenvalue weighted by Gasteiger charge is -2.28. The summed E-state index contributed by atoms with van der Waals surface area (Å²) in [5.41, 5.74) is 1.16. The number of halogens is 1. The van der Waals surface area contributed by atoms with Crippen LogP contribution in [0.5, 0.6) is 0 Å². The lowest BCUT2D eigenvalue weighted by atomic mass is 9.78. The van der Waals surface area contributed by atoms with Crippen molar-refractivity contribution < 1.29 is 4.39 Å². The normalized spacial score (nSPS) is 21.9. The molecule has 0 bridgehead atoms. The molecule has 1 heteroatoms. The zero-order chi connectivity index (χ0) is 15.6. The van der Waals surface area contributed by atoms with E-state index in [0.717, 1.165) is 23.8 Å². The smallest absolute Gasteiger partial charge is 0.123 e. The molecule has 0 heterocycles. The molecular weight excluding hydrogens is 271 g/mol. The van der Waals surface area contributed by atoms with Crippen LogP contribution in [0.2, 0.25) is 0 Å². The third kappa shape index (κ3) is 6.50. The zero-order valence-corrected chi connectivity index (χ0v) is 14.3. The van der Waals surface area contributed by atoms with Crippen molar-refractivity contribution in [1.29, 1.82) is 0 Å². The van der Waals surface area contributed by atoms with Crippen molar-refractivity contribution in [2.75, 3.05) is 0 Å². The SMILES string of the molecule is CCCCCCCC1CCC(CCc2cccc(F)c2)CC1. The summed E-state index contributed by atoms with van der Waals surface area (Å²) in [7, 11) is 0. The monoisotopic (exact) mass is 304 g/mol. The highest BCUT2D eigenvalue weighted by molar-refractivity contribution is 5.16. The van der Waals surface area contributed by atoms with Crippen LogP contribution in [0.3, 0.4) is 0 Å². The van der Waals surface area contributed by atoms with Crippen molar-refractivity contribution in [1.82, 2.24) is 0 Å². The molecule has 0 atom stereocenters. The Labute approximate surface area is 136 Å². The molecule has 0 nitrogen and oxygen atoms in total. The van der Waals surface area contributed by atoms with Gasteiger partial charge >= 0.3 is 0 Å². The van der Waals surface area contributed by atoms with E-state index in [1.54, 1.807) is 6.07 Å². The van der Waals surface area contributed by atoms with Gasteiger partial charge in [-0.3, -0.25) is 0 Å². The molecule has 0 saturated heterocycles. The predicted octanol–water partition coefficient (Wildman–Crippen LogP) is 6.93. The Balaban J connectivity index is 1.57. The van der Waals surface area contributed by atoms with Gasteiger partial charge < -0.3 is 0 Å². The maximum atomic E-state index is 13.2. The van der Waals surface area contributed by atoms with E-state index in [1.807, 2.05) is 6.07 Å². The largest absolute Gasteiger partial charge is 0.207 e. The third-order valence-electron chi connectivity index (χ3n) is 5.41. The quantitative estimate of drug-likeness (QED) is 0.434. The van der Waals surface area contributed by atoms with Crippen LogP contribution in [0, 0.1) is 17.7 Å². The minimum absolute atomic E-state index is 0.0933. The first kappa shape index (κ1) is 17.5. The third-order valence-corrected chi connectivity index (χ3v) is 5.41. The molecule has 2 rings (SSSR count). The maximum Gasteiger partial charge on any atom is 0.123 e. The molecule has 0 radical (unpaired) electrons. The molecule has 0 N–H and O–H groups in total. The molecular formula is C21H33F. The first-order valence-corrected chi connectivity index (χ1v) is 9.52. The van der Waals surface area contributed by atoms with E-state index >= 15 is 0 Å². The lowest BCUT2D eigenvalue weighted by Crippen LogP contribution is -2.15. The molecule has 22 heavy (non-hydrogen) atoms. The number of hydrogen-bond acceptors (Lipinski definition) is 0. The molecule has 1 aliphatic rings. The van der Waals surface area contributed by atoms with E-state index in [9.17, 15) is 4.39 Å². The number of hydrogen-bond donors (Lipinski definition) is 0. The van der Waals surface area contributed by atoms with Gasteiger partial charge in [-0.1, -0.05) is 83.3 Å². The number of aryl methyl sites for hydroxylation is 1. The van der Waals surface area contributed by atoms with Crippen LogP contribution in [0.4, 0.5) is 4.39 Å². The van der Waals surface area contributed by atoms with Crippen LogP contribution in [-0.2, 0) is 6.42 Å². The fourth-order valence-corrected chi connectivity index (χ4v) is 3.91. The molecule has 1 saturated carbocycles. The van der Waals surface area contributed by atoms with Crippen molar-refractivity contribution in [3.8, 4) is 0 Å². The Morgan fingerprint density at radius 2 is 1.59 bits per heavy atom. The molecule has 124 valence electrons. The van der Waals surface area contributed by atoms with Gasteiger partial charge in [-0.05, 0) is 42.4 Å². The summed E-state index contributed by atoms with van der Waals surface area (Å²) < 4.78 is 13.2. The fraction of sp³-hybridized carbons (Fsp3) is 0.714. The molecule has 0 aliphatic heterocycles. The van der Waals surface area contributed by atoms with Crippen LogP contribution >= 0.6 is 0 Å². The summed E-state index contributed by atoms with van der Waals surface area (Å²) in [6.45, 7) is 2.28. The van der Waals surface area contributed by atoms with E-state index in [1.165, 1.54) is 76.7 Å². The highest BCUT2D eigenvalue weighted by Gasteiger charge is 2.20. The second kappa shape index (κ2) is 10.0. The van der Waals surface area contributed by atoms with Crippen LogP contribution in [0.15, 0.2) is 24.3 Å². The number of unbranched alkanes of at least 4 members (excludes halogenated alkanes) is 4. The second-order valence-corrected chi connectivity index (χ2v) is 7.26. The van der Waals surface area contributed by atoms with Crippen LogP contribution < -0.4 is 0 Å². The first-order chi connectivity index (χ1) is 10.8.